The van der Waals surface area contributed by atoms with E-state index < -0.39 is 5.97 Å². The Hall–Kier alpha value is -2.54. The van der Waals surface area contributed by atoms with Gasteiger partial charge in [-0.05, 0) is 25.5 Å². The highest BCUT2D eigenvalue weighted by Crippen LogP contribution is 2.13. The normalized spacial score (nSPS) is 10.7. The van der Waals surface area contributed by atoms with Gasteiger partial charge in [-0.15, -0.1) is 16.4 Å². The summed E-state index contributed by atoms with van der Waals surface area (Å²) in [5.74, 6) is -0.490. The molecule has 23 heavy (non-hydrogen) atoms. The predicted molar refractivity (Wildman–Crippen MR) is 86.7 cm³/mol. The molecule has 0 unspecified atom stereocenters. The molecule has 6 nitrogen and oxygen atoms in total. The van der Waals surface area contributed by atoms with E-state index in [0.717, 1.165) is 22.8 Å². The number of esters is 1. The molecule has 0 amide bonds. The van der Waals surface area contributed by atoms with Crippen molar-refractivity contribution < 1.29 is 9.53 Å². The van der Waals surface area contributed by atoms with Gasteiger partial charge in [0, 0.05) is 5.38 Å². The van der Waals surface area contributed by atoms with Crippen molar-refractivity contribution in [2.24, 2.45) is 0 Å². The first kappa shape index (κ1) is 15.4. The lowest BCUT2D eigenvalue weighted by atomic mass is 10.3. The minimum Gasteiger partial charge on any atom is -0.454 e. The van der Waals surface area contributed by atoms with Crippen LogP contribution in [-0.2, 0) is 17.8 Å². The van der Waals surface area contributed by atoms with E-state index in [2.05, 4.69) is 15.2 Å². The molecule has 7 heteroatoms. The van der Waals surface area contributed by atoms with Gasteiger partial charge in [0.1, 0.15) is 6.61 Å². The average Bonchev–Trinajstić information content (AvgIpc) is 3.20. The van der Waals surface area contributed by atoms with E-state index >= 15 is 0 Å². The second-order valence-corrected chi connectivity index (χ2v) is 5.86. The third kappa shape index (κ3) is 3.45. The second kappa shape index (κ2) is 6.70. The second-order valence-electron chi connectivity index (χ2n) is 4.92. The Labute approximate surface area is 137 Å². The molecule has 0 saturated carbocycles. The summed E-state index contributed by atoms with van der Waals surface area (Å²) in [6.45, 7) is 3.92. The predicted octanol–water partition coefficient (Wildman–Crippen LogP) is 2.95. The fourth-order valence-electron chi connectivity index (χ4n) is 2.03. The molecular weight excluding hydrogens is 312 g/mol. The lowest BCUT2D eigenvalue weighted by molar-refractivity contribution is 0.0460. The number of hydrogen-bond donors (Lipinski definition) is 0. The highest BCUT2D eigenvalue weighted by Gasteiger charge is 2.18. The summed E-state index contributed by atoms with van der Waals surface area (Å²) in [7, 11) is 0. The number of ether oxygens (including phenoxy) is 1. The van der Waals surface area contributed by atoms with Crippen LogP contribution in [0.3, 0.4) is 0 Å². The number of carbonyl (C=O) groups is 1. The minimum atomic E-state index is -0.490. The van der Waals surface area contributed by atoms with Gasteiger partial charge >= 0.3 is 5.97 Å². The van der Waals surface area contributed by atoms with E-state index in [1.54, 1.807) is 18.3 Å². The zero-order valence-electron chi connectivity index (χ0n) is 12.9. The Bertz CT molecular complexity index is 811. The summed E-state index contributed by atoms with van der Waals surface area (Å²) in [6.07, 6.45) is 0.878. The Balaban J connectivity index is 1.71. The van der Waals surface area contributed by atoms with E-state index in [9.17, 15) is 4.79 Å². The fourth-order valence-corrected chi connectivity index (χ4v) is 2.76. The van der Waals surface area contributed by atoms with Crippen LogP contribution in [-0.4, -0.2) is 25.9 Å². The van der Waals surface area contributed by atoms with E-state index in [-0.39, 0.29) is 12.3 Å². The first-order valence-corrected chi connectivity index (χ1v) is 8.15. The van der Waals surface area contributed by atoms with Crippen molar-refractivity contribution in [3.63, 3.8) is 0 Å². The highest BCUT2D eigenvalue weighted by molar-refractivity contribution is 7.09. The van der Waals surface area contributed by atoms with Crippen LogP contribution in [0.25, 0.3) is 5.69 Å². The molecule has 2 aromatic heterocycles. The largest absolute Gasteiger partial charge is 0.454 e. The van der Waals surface area contributed by atoms with Crippen LogP contribution < -0.4 is 0 Å². The number of rotatable bonds is 5. The summed E-state index contributed by atoms with van der Waals surface area (Å²) < 4.78 is 5.29. The molecule has 3 aromatic rings. The molecule has 2 heterocycles. The summed E-state index contributed by atoms with van der Waals surface area (Å²) in [5.41, 5.74) is 2.31. The molecule has 0 aliphatic heterocycles. The Morgan fingerprint density at radius 3 is 2.74 bits per heavy atom. The summed E-state index contributed by atoms with van der Waals surface area (Å²) in [5, 5.41) is 11.4. The average molecular weight is 328 g/mol. The standard InChI is InChI=1S/C16H16N4O2S/c1-3-14-17-12(10-23-14)9-22-16(21)15-11(2)18-20(19-15)13-7-5-4-6-8-13/h4-8,10H,3,9H2,1-2H3. The van der Waals surface area contributed by atoms with Crippen LogP contribution >= 0.6 is 11.3 Å². The van der Waals surface area contributed by atoms with Crippen LogP contribution in [0.1, 0.15) is 33.8 Å². The molecule has 118 valence electrons. The maximum atomic E-state index is 12.2. The third-order valence-electron chi connectivity index (χ3n) is 3.22. The van der Waals surface area contributed by atoms with Crippen molar-refractivity contribution in [1.82, 2.24) is 20.0 Å². The van der Waals surface area contributed by atoms with Crippen molar-refractivity contribution in [1.29, 1.82) is 0 Å². The van der Waals surface area contributed by atoms with Crippen molar-refractivity contribution in [2.45, 2.75) is 26.9 Å². The van der Waals surface area contributed by atoms with Crippen LogP contribution in [0, 0.1) is 6.92 Å². The maximum Gasteiger partial charge on any atom is 0.361 e. The van der Waals surface area contributed by atoms with Crippen LogP contribution in [0.2, 0.25) is 0 Å². The minimum absolute atomic E-state index is 0.146. The molecular formula is C16H16N4O2S. The molecule has 0 aliphatic carbocycles. The van der Waals surface area contributed by atoms with Gasteiger partial charge in [0.15, 0.2) is 5.69 Å². The third-order valence-corrected chi connectivity index (χ3v) is 4.26. The summed E-state index contributed by atoms with van der Waals surface area (Å²) >= 11 is 1.57. The lowest BCUT2D eigenvalue weighted by Crippen LogP contribution is -2.08. The van der Waals surface area contributed by atoms with E-state index in [4.69, 9.17) is 4.74 Å². The lowest BCUT2D eigenvalue weighted by Gasteiger charge is -2.00. The molecule has 0 bridgehead atoms. The van der Waals surface area contributed by atoms with Crippen molar-refractivity contribution in [3.8, 4) is 5.69 Å². The van der Waals surface area contributed by atoms with E-state index in [0.29, 0.717) is 5.69 Å². The molecule has 0 saturated heterocycles. The van der Waals surface area contributed by atoms with Crippen molar-refractivity contribution in [3.05, 3.63) is 57.8 Å². The van der Waals surface area contributed by atoms with Crippen LogP contribution in [0.4, 0.5) is 0 Å². The molecule has 0 N–H and O–H groups in total. The Kier molecular flexibility index (Phi) is 4.47. The molecule has 0 atom stereocenters. The SMILES string of the molecule is CCc1nc(COC(=O)c2nn(-c3ccccc3)nc2C)cs1. The fraction of sp³-hybridized carbons (Fsp3) is 0.250. The number of aryl methyl sites for hydroxylation is 2. The van der Waals surface area contributed by atoms with Gasteiger partial charge < -0.3 is 4.74 Å². The number of benzene rings is 1. The van der Waals surface area contributed by atoms with E-state index in [1.807, 2.05) is 42.6 Å². The number of nitrogens with zero attached hydrogens (tertiary/aromatic N) is 4. The monoisotopic (exact) mass is 328 g/mol. The zero-order chi connectivity index (χ0) is 16.2. The zero-order valence-corrected chi connectivity index (χ0v) is 13.7. The van der Waals surface area contributed by atoms with Gasteiger partial charge in [0.05, 0.1) is 22.1 Å². The Morgan fingerprint density at radius 2 is 2.04 bits per heavy atom. The van der Waals surface area contributed by atoms with Gasteiger partial charge in [0.25, 0.3) is 0 Å². The first-order chi connectivity index (χ1) is 11.2. The molecule has 0 aliphatic rings. The summed E-state index contributed by atoms with van der Waals surface area (Å²) in [6, 6.07) is 9.43. The summed E-state index contributed by atoms with van der Waals surface area (Å²) in [4.78, 5) is 18.0. The van der Waals surface area contributed by atoms with Gasteiger partial charge in [-0.1, -0.05) is 25.1 Å². The van der Waals surface area contributed by atoms with E-state index in [1.165, 1.54) is 4.80 Å². The molecule has 1 aromatic carbocycles. The van der Waals surface area contributed by atoms with Gasteiger partial charge in [-0.3, -0.25) is 0 Å². The van der Waals surface area contributed by atoms with Crippen LogP contribution in [0.15, 0.2) is 35.7 Å². The Morgan fingerprint density at radius 1 is 1.26 bits per heavy atom. The van der Waals surface area contributed by atoms with Crippen molar-refractivity contribution in [2.75, 3.05) is 0 Å². The molecule has 3 rings (SSSR count). The number of aromatic nitrogens is 4. The molecule has 0 spiro atoms. The topological polar surface area (TPSA) is 69.9 Å². The molecule has 0 fully saturated rings. The number of para-hydroxylation sites is 1. The highest BCUT2D eigenvalue weighted by atomic mass is 32.1. The van der Waals surface area contributed by atoms with Crippen LogP contribution in [0.5, 0.6) is 0 Å². The van der Waals surface area contributed by atoms with Crippen molar-refractivity contribution >= 4 is 17.3 Å². The smallest absolute Gasteiger partial charge is 0.361 e. The number of carbonyl (C=O) groups excluding carboxylic acids is 1. The van der Waals surface area contributed by atoms with Gasteiger partial charge in [-0.2, -0.15) is 9.90 Å². The number of hydrogen-bond acceptors (Lipinski definition) is 6. The van der Waals surface area contributed by atoms with Gasteiger partial charge in [-0.25, -0.2) is 9.78 Å². The number of thiazole rings is 1. The van der Waals surface area contributed by atoms with Gasteiger partial charge in [0.2, 0.25) is 0 Å². The first-order valence-electron chi connectivity index (χ1n) is 7.27. The quantitative estimate of drug-likeness (QED) is 0.674. The maximum absolute atomic E-state index is 12.2. The molecule has 0 radical (unpaired) electrons.